The van der Waals surface area contributed by atoms with Crippen molar-refractivity contribution in [2.24, 2.45) is 0 Å². The Morgan fingerprint density at radius 2 is 1.93 bits per heavy atom. The van der Waals surface area contributed by atoms with Crippen LogP contribution < -0.4 is 0 Å². The van der Waals surface area contributed by atoms with E-state index in [1.54, 1.807) is 10.9 Å². The number of allylic oxidation sites excluding steroid dienone is 1. The van der Waals surface area contributed by atoms with Gasteiger partial charge in [-0.2, -0.15) is 23.5 Å². The maximum absolute atomic E-state index is 12.8. The van der Waals surface area contributed by atoms with Gasteiger partial charge in [-0.15, -0.1) is 0 Å². The van der Waals surface area contributed by atoms with Crippen molar-refractivity contribution in [1.29, 1.82) is 5.26 Å². The van der Waals surface area contributed by atoms with Crippen LogP contribution in [0.1, 0.15) is 27.3 Å². The van der Waals surface area contributed by atoms with Crippen LogP contribution in [0.4, 0.5) is 13.2 Å². The quantitative estimate of drug-likeness (QED) is 0.357. The van der Waals surface area contributed by atoms with Crippen LogP contribution in [0.5, 0.6) is 0 Å². The van der Waals surface area contributed by atoms with Gasteiger partial charge in [0.15, 0.2) is 0 Å². The zero-order chi connectivity index (χ0) is 21.2. The number of aromatic nitrogens is 3. The number of nitriles is 1. The Hall–Kier alpha value is -3.60. The molecule has 0 aliphatic carbocycles. The number of aryl methyl sites for hydroxylation is 1. The van der Waals surface area contributed by atoms with Crippen LogP contribution in [-0.4, -0.2) is 26.3 Å². The number of ketones is 1. The molecule has 0 N–H and O–H groups in total. The number of carbonyl (C=O) groups excluding carboxylic acids is 1. The zero-order valence-corrected chi connectivity index (χ0v) is 15.7. The summed E-state index contributed by atoms with van der Waals surface area (Å²) >= 11 is 0. The Balaban J connectivity index is 1.91. The van der Waals surface area contributed by atoms with Crippen LogP contribution in [-0.2, 0) is 6.54 Å². The van der Waals surface area contributed by atoms with E-state index >= 15 is 0 Å². The van der Waals surface area contributed by atoms with E-state index in [9.17, 15) is 23.2 Å². The highest BCUT2D eigenvalue weighted by Crippen LogP contribution is 2.25. The van der Waals surface area contributed by atoms with Crippen molar-refractivity contribution in [1.82, 2.24) is 14.3 Å². The van der Waals surface area contributed by atoms with E-state index in [1.807, 2.05) is 36.4 Å². The van der Waals surface area contributed by atoms with Gasteiger partial charge in [0.1, 0.15) is 18.2 Å². The lowest BCUT2D eigenvalue weighted by atomic mass is 10.0. The van der Waals surface area contributed by atoms with Crippen LogP contribution in [0.25, 0.3) is 11.8 Å². The average molecular weight is 398 g/mol. The molecule has 1 aromatic carbocycles. The molecular weight excluding hydrogens is 381 g/mol. The highest BCUT2D eigenvalue weighted by Gasteiger charge is 2.30. The lowest BCUT2D eigenvalue weighted by Crippen LogP contribution is -2.19. The largest absolute Gasteiger partial charge is 0.406 e. The van der Waals surface area contributed by atoms with E-state index < -0.39 is 18.5 Å². The Kier molecular flexibility index (Phi) is 5.41. The summed E-state index contributed by atoms with van der Waals surface area (Å²) in [6.45, 7) is 1.75. The van der Waals surface area contributed by atoms with Gasteiger partial charge in [0.05, 0.1) is 11.9 Å². The summed E-state index contributed by atoms with van der Waals surface area (Å²) in [5.74, 6) is -0.624. The molecule has 8 heteroatoms. The zero-order valence-electron chi connectivity index (χ0n) is 15.7. The van der Waals surface area contributed by atoms with Crippen LogP contribution >= 0.6 is 0 Å². The van der Waals surface area contributed by atoms with Gasteiger partial charge in [0.25, 0.3) is 0 Å². The second-order valence-corrected chi connectivity index (χ2v) is 6.54. The normalized spacial score (nSPS) is 12.1. The minimum atomic E-state index is -4.41. The molecule has 2 aromatic heterocycles. The third-order valence-electron chi connectivity index (χ3n) is 4.46. The number of benzene rings is 1. The third kappa shape index (κ3) is 4.46. The predicted octanol–water partition coefficient (Wildman–Crippen LogP) is 4.64. The van der Waals surface area contributed by atoms with Crippen LogP contribution in [0.3, 0.4) is 0 Å². The molecule has 0 saturated carbocycles. The van der Waals surface area contributed by atoms with Crippen molar-refractivity contribution >= 4 is 11.9 Å². The molecule has 0 amide bonds. The number of para-hydroxylation sites is 1. The highest BCUT2D eigenvalue weighted by molar-refractivity contribution is 6.14. The van der Waals surface area contributed by atoms with Crippen molar-refractivity contribution in [3.05, 3.63) is 76.9 Å². The first-order valence-electron chi connectivity index (χ1n) is 8.69. The van der Waals surface area contributed by atoms with Gasteiger partial charge in [-0.1, -0.05) is 18.2 Å². The number of carbonyl (C=O) groups is 1. The highest BCUT2D eigenvalue weighted by atomic mass is 19.4. The number of hydrogen-bond donors (Lipinski definition) is 0. The summed E-state index contributed by atoms with van der Waals surface area (Å²) in [6, 6.07) is 12.5. The molecule has 3 aromatic rings. The second kappa shape index (κ2) is 7.80. The molecule has 29 heavy (non-hydrogen) atoms. The fraction of sp³-hybridized carbons (Fsp3) is 0.190. The van der Waals surface area contributed by atoms with Gasteiger partial charge in [0, 0.05) is 28.7 Å². The maximum atomic E-state index is 12.8. The van der Waals surface area contributed by atoms with Crippen molar-refractivity contribution < 1.29 is 18.0 Å². The van der Waals surface area contributed by atoms with Crippen LogP contribution in [0.2, 0.25) is 0 Å². The van der Waals surface area contributed by atoms with Crippen molar-refractivity contribution in [2.45, 2.75) is 26.6 Å². The summed E-state index contributed by atoms with van der Waals surface area (Å²) in [4.78, 5) is 12.8. The fourth-order valence-electron chi connectivity index (χ4n) is 3.05. The van der Waals surface area contributed by atoms with Crippen LogP contribution in [0.15, 0.2) is 54.4 Å². The van der Waals surface area contributed by atoms with Gasteiger partial charge in [-0.05, 0) is 38.1 Å². The van der Waals surface area contributed by atoms with Gasteiger partial charge in [-0.25, -0.2) is 4.68 Å². The van der Waals surface area contributed by atoms with E-state index in [1.165, 1.54) is 32.2 Å². The molecule has 0 fully saturated rings. The maximum Gasteiger partial charge on any atom is 0.406 e. The summed E-state index contributed by atoms with van der Waals surface area (Å²) < 4.78 is 41.0. The van der Waals surface area contributed by atoms with Crippen LogP contribution in [0, 0.1) is 25.2 Å². The Morgan fingerprint density at radius 3 is 2.55 bits per heavy atom. The molecule has 0 unspecified atom stereocenters. The minimum absolute atomic E-state index is 0.0787. The van der Waals surface area contributed by atoms with E-state index in [0.29, 0.717) is 11.3 Å². The number of alkyl halides is 3. The Bertz CT molecular complexity index is 1120. The lowest BCUT2D eigenvalue weighted by molar-refractivity contribution is -0.141. The number of rotatable bonds is 5. The van der Waals surface area contributed by atoms with Gasteiger partial charge >= 0.3 is 6.18 Å². The third-order valence-corrected chi connectivity index (χ3v) is 4.46. The van der Waals surface area contributed by atoms with Crippen molar-refractivity contribution in [3.8, 4) is 11.8 Å². The average Bonchev–Trinajstić information content (AvgIpc) is 3.25. The molecular formula is C21H17F3N4O. The second-order valence-electron chi connectivity index (χ2n) is 6.54. The molecule has 2 heterocycles. The summed E-state index contributed by atoms with van der Waals surface area (Å²) in [5.41, 5.74) is 1.72. The van der Waals surface area contributed by atoms with Crippen molar-refractivity contribution in [2.75, 3.05) is 0 Å². The first-order chi connectivity index (χ1) is 13.7. The summed E-state index contributed by atoms with van der Waals surface area (Å²) in [5, 5.41) is 13.6. The van der Waals surface area contributed by atoms with E-state index in [0.717, 1.165) is 10.3 Å². The van der Waals surface area contributed by atoms with Crippen molar-refractivity contribution in [3.63, 3.8) is 0 Å². The fourth-order valence-corrected chi connectivity index (χ4v) is 3.05. The number of Topliss-reactive ketones (excluding diaryl/α,β-unsaturated/α-hetero) is 1. The lowest BCUT2D eigenvalue weighted by Gasteiger charge is -2.12. The number of hydrogen-bond acceptors (Lipinski definition) is 3. The van der Waals surface area contributed by atoms with Gasteiger partial charge < -0.3 is 4.57 Å². The van der Waals surface area contributed by atoms with E-state index in [-0.39, 0.29) is 16.8 Å². The number of halogens is 3. The molecule has 0 radical (unpaired) electrons. The van der Waals surface area contributed by atoms with E-state index in [4.69, 9.17) is 0 Å². The smallest absolute Gasteiger partial charge is 0.339 e. The molecule has 148 valence electrons. The standard InChI is InChI=1S/C21H17F3N4O/c1-14-8-19(15(2)27(14)13-21(22,23)24)20(29)17(10-25)9-16-11-26-28(12-16)18-6-4-3-5-7-18/h3-9,11-12H,13H2,1-2H3/b17-9+. The first kappa shape index (κ1) is 20.1. The first-order valence-corrected chi connectivity index (χ1v) is 8.69. The number of nitrogens with zero attached hydrogens (tertiary/aromatic N) is 4. The molecule has 0 atom stereocenters. The SMILES string of the molecule is Cc1cc(C(=O)/C(C#N)=C/c2cnn(-c3ccccc3)c2)c(C)n1CC(F)(F)F. The molecule has 0 spiro atoms. The Labute approximate surface area is 165 Å². The van der Waals surface area contributed by atoms with Gasteiger partial charge in [-0.3, -0.25) is 4.79 Å². The summed E-state index contributed by atoms with van der Waals surface area (Å²) in [6.07, 6.45) is 0.136. The Morgan fingerprint density at radius 1 is 1.24 bits per heavy atom. The van der Waals surface area contributed by atoms with E-state index in [2.05, 4.69) is 5.10 Å². The predicted molar refractivity (Wildman–Crippen MR) is 101 cm³/mol. The molecule has 0 bridgehead atoms. The topological polar surface area (TPSA) is 63.6 Å². The molecule has 0 saturated heterocycles. The molecule has 0 aliphatic heterocycles. The van der Waals surface area contributed by atoms with Gasteiger partial charge in [0.2, 0.25) is 5.78 Å². The molecule has 5 nitrogen and oxygen atoms in total. The molecule has 0 aliphatic rings. The summed E-state index contributed by atoms with van der Waals surface area (Å²) in [7, 11) is 0. The monoisotopic (exact) mass is 398 g/mol. The minimum Gasteiger partial charge on any atom is -0.339 e. The molecule has 3 rings (SSSR count).